The molecule has 2 rings (SSSR count). The fourth-order valence-electron chi connectivity index (χ4n) is 1.97. The van der Waals surface area contributed by atoms with Gasteiger partial charge in [-0.1, -0.05) is 18.2 Å². The monoisotopic (exact) mass is 313 g/mol. The van der Waals surface area contributed by atoms with Crippen molar-refractivity contribution in [1.29, 1.82) is 0 Å². The maximum Gasteiger partial charge on any atom is 0.214 e. The summed E-state index contributed by atoms with van der Waals surface area (Å²) in [5.74, 6) is -0.0290. The minimum absolute atomic E-state index is 0.0290. The Labute approximate surface area is 123 Å². The van der Waals surface area contributed by atoms with Crippen molar-refractivity contribution in [3.8, 4) is 0 Å². The summed E-state index contributed by atoms with van der Waals surface area (Å²) in [6.07, 6.45) is -0.317. The number of methoxy groups -OCH3 is 1. The molecule has 6 heteroatoms. The van der Waals surface area contributed by atoms with E-state index in [2.05, 4.69) is 4.72 Å². The van der Waals surface area contributed by atoms with Crippen LogP contribution in [0.2, 0.25) is 0 Å². The van der Waals surface area contributed by atoms with Gasteiger partial charge in [0.1, 0.15) is 0 Å². The number of thiophene rings is 1. The summed E-state index contributed by atoms with van der Waals surface area (Å²) < 4.78 is 32.9. The number of hydrogen-bond acceptors (Lipinski definition) is 4. The fourth-order valence-corrected chi connectivity index (χ4v) is 4.63. The molecule has 2 atom stereocenters. The summed E-state index contributed by atoms with van der Waals surface area (Å²) in [5.41, 5.74) is 0. The van der Waals surface area contributed by atoms with Crippen molar-refractivity contribution in [3.05, 3.63) is 35.2 Å². The first-order valence-corrected chi connectivity index (χ1v) is 8.89. The van der Waals surface area contributed by atoms with E-state index in [1.165, 1.54) is 11.8 Å². The molecule has 4 nitrogen and oxygen atoms in total. The molecule has 1 N–H and O–H groups in total. The zero-order valence-corrected chi connectivity index (χ0v) is 13.4. The summed E-state index contributed by atoms with van der Waals surface area (Å²) in [7, 11) is -1.84. The van der Waals surface area contributed by atoms with Gasteiger partial charge in [-0.3, -0.25) is 0 Å². The van der Waals surface area contributed by atoms with Crippen LogP contribution in [0.3, 0.4) is 0 Å². The molecule has 1 heterocycles. The van der Waals surface area contributed by atoms with Crippen LogP contribution in [0.25, 0.3) is 10.1 Å². The van der Waals surface area contributed by atoms with Gasteiger partial charge in [0.25, 0.3) is 0 Å². The van der Waals surface area contributed by atoms with Gasteiger partial charge in [0, 0.05) is 16.7 Å². The summed E-state index contributed by atoms with van der Waals surface area (Å²) in [4.78, 5) is 1.01. The molecule has 2 aromatic rings. The topological polar surface area (TPSA) is 55.4 Å². The van der Waals surface area contributed by atoms with Crippen molar-refractivity contribution in [2.24, 2.45) is 0 Å². The van der Waals surface area contributed by atoms with Gasteiger partial charge in [-0.2, -0.15) is 0 Å². The van der Waals surface area contributed by atoms with Crippen molar-refractivity contribution >= 4 is 31.4 Å². The normalized spacial score (nSPS) is 15.3. The molecule has 0 bridgehead atoms. The highest BCUT2D eigenvalue weighted by Gasteiger charge is 2.20. The first-order chi connectivity index (χ1) is 9.41. The zero-order chi connectivity index (χ0) is 14.8. The molecule has 0 fully saturated rings. The van der Waals surface area contributed by atoms with E-state index in [0.29, 0.717) is 0 Å². The lowest BCUT2D eigenvalue weighted by Crippen LogP contribution is -2.33. The van der Waals surface area contributed by atoms with Crippen molar-refractivity contribution in [2.45, 2.75) is 26.0 Å². The maximum atomic E-state index is 12.0. The predicted octanol–water partition coefficient (Wildman–Crippen LogP) is 2.92. The van der Waals surface area contributed by atoms with Crippen LogP contribution in [0.4, 0.5) is 0 Å². The third kappa shape index (κ3) is 3.79. The Balaban J connectivity index is 2.13. The van der Waals surface area contributed by atoms with E-state index in [9.17, 15) is 8.42 Å². The number of rotatable bonds is 6. The standard InChI is InChI=1S/C14H19NO3S2/c1-10(18-3)9-20(16,17)15-11(2)14-8-12-6-4-5-7-13(12)19-14/h4-8,10-11,15H,9H2,1-3H3/t10-,11+/m0/s1. The second-order valence-electron chi connectivity index (χ2n) is 4.85. The molecule has 20 heavy (non-hydrogen) atoms. The minimum atomic E-state index is -3.35. The highest BCUT2D eigenvalue weighted by atomic mass is 32.2. The van der Waals surface area contributed by atoms with E-state index >= 15 is 0 Å². The summed E-state index contributed by atoms with van der Waals surface area (Å²) >= 11 is 1.61. The Bertz CT molecular complexity index is 646. The van der Waals surface area contributed by atoms with E-state index in [0.717, 1.165) is 10.3 Å². The van der Waals surface area contributed by atoms with Gasteiger partial charge in [0.2, 0.25) is 10.0 Å². The lowest BCUT2D eigenvalue weighted by molar-refractivity contribution is 0.136. The Morgan fingerprint density at radius 3 is 2.65 bits per heavy atom. The minimum Gasteiger partial charge on any atom is -0.381 e. The van der Waals surface area contributed by atoms with E-state index in [1.54, 1.807) is 18.3 Å². The van der Waals surface area contributed by atoms with Crippen LogP contribution in [0.5, 0.6) is 0 Å². The molecule has 1 aromatic carbocycles. The van der Waals surface area contributed by atoms with Gasteiger partial charge in [0.15, 0.2) is 0 Å². The first kappa shape index (κ1) is 15.4. The molecule has 0 saturated heterocycles. The van der Waals surface area contributed by atoms with Gasteiger partial charge in [-0.05, 0) is 31.4 Å². The molecule has 1 aromatic heterocycles. The molecule has 0 radical (unpaired) electrons. The lowest BCUT2D eigenvalue weighted by Gasteiger charge is -2.15. The SMILES string of the molecule is CO[C@@H](C)CS(=O)(=O)N[C@H](C)c1cc2ccccc2s1. The van der Waals surface area contributed by atoms with Gasteiger partial charge in [-0.15, -0.1) is 11.3 Å². The molecule has 0 aliphatic carbocycles. The highest BCUT2D eigenvalue weighted by molar-refractivity contribution is 7.89. The van der Waals surface area contributed by atoms with Gasteiger partial charge >= 0.3 is 0 Å². The van der Waals surface area contributed by atoms with Crippen LogP contribution in [0, 0.1) is 0 Å². The van der Waals surface area contributed by atoms with Gasteiger partial charge in [-0.25, -0.2) is 13.1 Å². The predicted molar refractivity (Wildman–Crippen MR) is 83.6 cm³/mol. The Morgan fingerprint density at radius 2 is 2.00 bits per heavy atom. The quantitative estimate of drug-likeness (QED) is 0.892. The van der Waals surface area contributed by atoms with Gasteiger partial charge < -0.3 is 4.74 Å². The number of benzene rings is 1. The van der Waals surface area contributed by atoms with E-state index in [1.807, 2.05) is 37.3 Å². The summed E-state index contributed by atoms with van der Waals surface area (Å²) in [5, 5.41) is 1.14. The molecule has 0 aliphatic heterocycles. The Hall–Kier alpha value is -0.950. The molecule has 0 unspecified atom stereocenters. The molecule has 110 valence electrons. The Kier molecular flexibility index (Phi) is 4.80. The van der Waals surface area contributed by atoms with E-state index in [4.69, 9.17) is 4.74 Å². The molecular weight excluding hydrogens is 294 g/mol. The number of fused-ring (bicyclic) bond motifs is 1. The molecular formula is C14H19NO3S2. The van der Waals surface area contributed by atoms with Crippen molar-refractivity contribution in [2.75, 3.05) is 12.9 Å². The van der Waals surface area contributed by atoms with Crippen LogP contribution in [0.15, 0.2) is 30.3 Å². The largest absolute Gasteiger partial charge is 0.381 e. The molecule has 0 amide bonds. The molecule has 0 saturated carbocycles. The Morgan fingerprint density at radius 1 is 1.30 bits per heavy atom. The van der Waals surface area contributed by atoms with Crippen LogP contribution in [-0.4, -0.2) is 27.4 Å². The third-order valence-electron chi connectivity index (χ3n) is 3.08. The smallest absolute Gasteiger partial charge is 0.214 e. The number of sulfonamides is 1. The molecule has 0 spiro atoms. The van der Waals surface area contributed by atoms with E-state index in [-0.39, 0.29) is 17.9 Å². The lowest BCUT2D eigenvalue weighted by atomic mass is 10.2. The summed E-state index contributed by atoms with van der Waals surface area (Å²) in [6, 6.07) is 9.83. The van der Waals surface area contributed by atoms with Crippen molar-refractivity contribution < 1.29 is 13.2 Å². The second kappa shape index (κ2) is 6.22. The average molecular weight is 313 g/mol. The first-order valence-electron chi connectivity index (χ1n) is 6.42. The van der Waals surface area contributed by atoms with Crippen molar-refractivity contribution in [1.82, 2.24) is 4.72 Å². The van der Waals surface area contributed by atoms with Crippen LogP contribution in [0.1, 0.15) is 24.8 Å². The molecule has 0 aliphatic rings. The zero-order valence-electron chi connectivity index (χ0n) is 11.8. The maximum absolute atomic E-state index is 12.0. The van der Waals surface area contributed by atoms with Gasteiger partial charge in [0.05, 0.1) is 17.9 Å². The van der Waals surface area contributed by atoms with Crippen LogP contribution < -0.4 is 4.72 Å². The van der Waals surface area contributed by atoms with Crippen LogP contribution in [-0.2, 0) is 14.8 Å². The number of ether oxygens (including phenoxy) is 1. The second-order valence-corrected chi connectivity index (χ2v) is 7.77. The fraction of sp³-hybridized carbons (Fsp3) is 0.429. The number of hydrogen-bond donors (Lipinski definition) is 1. The van der Waals surface area contributed by atoms with Crippen LogP contribution >= 0.6 is 11.3 Å². The number of nitrogens with one attached hydrogen (secondary N) is 1. The van der Waals surface area contributed by atoms with Crippen molar-refractivity contribution in [3.63, 3.8) is 0 Å². The van der Waals surface area contributed by atoms with E-state index < -0.39 is 10.0 Å². The summed E-state index contributed by atoms with van der Waals surface area (Å²) in [6.45, 7) is 3.60. The average Bonchev–Trinajstić information content (AvgIpc) is 2.81. The highest BCUT2D eigenvalue weighted by Crippen LogP contribution is 2.29. The third-order valence-corrected chi connectivity index (χ3v) is 6.00.